The molecular weight excluding hydrogens is 383 g/mol. The number of nitrogens with zero attached hydrogens (tertiary/aromatic N) is 2. The molecule has 0 spiro atoms. The Morgan fingerprint density at radius 3 is 2.46 bits per heavy atom. The second-order valence-electron chi connectivity index (χ2n) is 5.82. The van der Waals surface area contributed by atoms with Gasteiger partial charge in [-0.05, 0) is 64.6 Å². The molecule has 3 rings (SSSR count). The van der Waals surface area contributed by atoms with E-state index in [9.17, 15) is 13.2 Å². The van der Waals surface area contributed by atoms with Crippen molar-refractivity contribution in [2.24, 2.45) is 0 Å². The normalized spacial score (nSPS) is 17.9. The molecule has 7 heteroatoms. The molecule has 1 saturated heterocycles. The Morgan fingerprint density at radius 2 is 1.92 bits per heavy atom. The zero-order valence-electron chi connectivity index (χ0n) is 12.9. The first kappa shape index (κ1) is 17.2. The van der Waals surface area contributed by atoms with Crippen molar-refractivity contribution in [3.05, 3.63) is 52.6 Å². The summed E-state index contributed by atoms with van der Waals surface area (Å²) in [5.41, 5.74) is 1.64. The Hall–Kier alpha value is -1.60. The van der Waals surface area contributed by atoms with Gasteiger partial charge in [0.1, 0.15) is 12.4 Å². The average molecular weight is 400 g/mol. The molecule has 0 saturated carbocycles. The second-order valence-corrected chi connectivity index (χ2v) is 6.73. The van der Waals surface area contributed by atoms with E-state index in [1.807, 2.05) is 12.1 Å². The van der Waals surface area contributed by atoms with Crippen molar-refractivity contribution in [1.82, 2.24) is 10.3 Å². The molecule has 1 aromatic heterocycles. The van der Waals surface area contributed by atoms with Gasteiger partial charge in [-0.2, -0.15) is 13.2 Å². The Morgan fingerprint density at radius 1 is 1.17 bits per heavy atom. The molecule has 1 N–H and O–H groups in total. The number of nitrogens with one attached hydrogen (secondary N) is 1. The van der Waals surface area contributed by atoms with Gasteiger partial charge in [-0.25, -0.2) is 4.98 Å². The number of anilines is 2. The van der Waals surface area contributed by atoms with Crippen LogP contribution in [0.5, 0.6) is 0 Å². The summed E-state index contributed by atoms with van der Waals surface area (Å²) in [5, 5.41) is 3.30. The third-order valence-electron chi connectivity index (χ3n) is 4.06. The molecule has 24 heavy (non-hydrogen) atoms. The van der Waals surface area contributed by atoms with Crippen molar-refractivity contribution in [3.8, 4) is 0 Å². The maximum absolute atomic E-state index is 13.0. The summed E-state index contributed by atoms with van der Waals surface area (Å²) in [4.78, 5) is 5.29. The number of aromatic nitrogens is 1. The van der Waals surface area contributed by atoms with Crippen molar-refractivity contribution in [3.63, 3.8) is 0 Å². The third-order valence-corrected chi connectivity index (χ3v) is 4.53. The Kier molecular flexibility index (Phi) is 5.10. The van der Waals surface area contributed by atoms with Crippen LogP contribution in [0.2, 0.25) is 0 Å². The molecule has 2 heterocycles. The molecule has 1 atom stereocenters. The molecule has 1 aromatic carbocycles. The number of benzene rings is 1. The summed E-state index contributed by atoms with van der Waals surface area (Å²) in [6, 6.07) is 10.6. The summed E-state index contributed by atoms with van der Waals surface area (Å²) >= 11 is 3.25. The van der Waals surface area contributed by atoms with Crippen LogP contribution in [-0.4, -0.2) is 30.8 Å². The minimum atomic E-state index is -4.32. The van der Waals surface area contributed by atoms with Crippen LogP contribution in [-0.2, 0) is 0 Å². The van der Waals surface area contributed by atoms with Crippen LogP contribution < -0.4 is 10.2 Å². The quantitative estimate of drug-likeness (QED) is 0.812. The first-order valence-electron chi connectivity index (χ1n) is 7.69. The van der Waals surface area contributed by atoms with Gasteiger partial charge < -0.3 is 10.2 Å². The van der Waals surface area contributed by atoms with Crippen LogP contribution in [0.15, 0.2) is 47.1 Å². The zero-order chi connectivity index (χ0) is 17.2. The minimum absolute atomic E-state index is 0.269. The van der Waals surface area contributed by atoms with Crippen molar-refractivity contribution in [2.45, 2.75) is 18.5 Å². The van der Waals surface area contributed by atoms with E-state index in [1.165, 1.54) is 11.1 Å². The number of hydrogen-bond donors (Lipinski definition) is 1. The Bertz CT molecular complexity index is 665. The number of rotatable bonds is 4. The lowest BCUT2D eigenvalue weighted by Gasteiger charge is -2.25. The van der Waals surface area contributed by atoms with Crippen molar-refractivity contribution in [1.29, 1.82) is 0 Å². The molecule has 0 bridgehead atoms. The highest BCUT2D eigenvalue weighted by molar-refractivity contribution is 9.10. The smallest absolute Gasteiger partial charge is 0.317 e. The second kappa shape index (κ2) is 7.11. The molecule has 0 unspecified atom stereocenters. The van der Waals surface area contributed by atoms with E-state index in [4.69, 9.17) is 0 Å². The molecular formula is C17H17BrF3N3. The molecule has 1 aliphatic rings. The first-order chi connectivity index (χ1) is 11.4. The molecule has 0 aliphatic carbocycles. The van der Waals surface area contributed by atoms with E-state index in [2.05, 4.69) is 26.2 Å². The van der Waals surface area contributed by atoms with Gasteiger partial charge in [-0.15, -0.1) is 0 Å². The van der Waals surface area contributed by atoms with E-state index >= 15 is 0 Å². The lowest BCUT2D eigenvalue weighted by molar-refractivity contribution is -0.118. The summed E-state index contributed by atoms with van der Waals surface area (Å²) in [6.07, 6.45) is -1.76. The summed E-state index contributed by atoms with van der Waals surface area (Å²) in [7, 11) is 0. The van der Waals surface area contributed by atoms with Crippen LogP contribution in [0, 0.1) is 0 Å². The van der Waals surface area contributed by atoms with Gasteiger partial charge in [0.05, 0.1) is 0 Å². The van der Waals surface area contributed by atoms with E-state index in [0.29, 0.717) is 11.6 Å². The Labute approximate surface area is 147 Å². The maximum Gasteiger partial charge on any atom is 0.406 e. The van der Waals surface area contributed by atoms with Crippen molar-refractivity contribution in [2.75, 3.05) is 24.5 Å². The molecule has 1 aliphatic heterocycles. The molecule has 2 aromatic rings. The zero-order valence-corrected chi connectivity index (χ0v) is 14.4. The largest absolute Gasteiger partial charge is 0.406 e. The van der Waals surface area contributed by atoms with Crippen LogP contribution >= 0.6 is 15.9 Å². The summed E-state index contributed by atoms with van der Waals surface area (Å²) in [6.45, 7) is 0.821. The Balaban J connectivity index is 1.88. The summed E-state index contributed by atoms with van der Waals surface area (Å²) < 4.78 is 39.7. The number of alkyl halides is 3. The number of halogens is 4. The van der Waals surface area contributed by atoms with Crippen molar-refractivity contribution < 1.29 is 13.2 Å². The minimum Gasteiger partial charge on any atom is -0.317 e. The van der Waals surface area contributed by atoms with E-state index in [0.717, 1.165) is 29.5 Å². The fourth-order valence-corrected chi connectivity index (χ4v) is 3.11. The first-order valence-corrected chi connectivity index (χ1v) is 8.48. The van der Waals surface area contributed by atoms with Crippen LogP contribution in [0.4, 0.5) is 24.7 Å². The highest BCUT2D eigenvalue weighted by atomic mass is 79.9. The molecule has 3 nitrogen and oxygen atoms in total. The van der Waals surface area contributed by atoms with Crippen LogP contribution in [0.3, 0.4) is 0 Å². The fourth-order valence-electron chi connectivity index (χ4n) is 2.88. The van der Waals surface area contributed by atoms with Gasteiger partial charge in [-0.3, -0.25) is 0 Å². The number of hydrogen-bond acceptors (Lipinski definition) is 3. The SMILES string of the molecule is FC(F)(F)CN(c1ccc([C@H]2CCNC2)cc1)c1ccc(Br)cn1. The van der Waals surface area contributed by atoms with Gasteiger partial charge in [0, 0.05) is 22.9 Å². The topological polar surface area (TPSA) is 28.2 Å². The monoisotopic (exact) mass is 399 g/mol. The standard InChI is InChI=1S/C17H17BrF3N3/c18-14-3-6-16(23-10-14)24(11-17(19,20)21)15-4-1-12(2-5-15)13-7-8-22-9-13/h1-6,10,13,22H,7-9,11H2/t13-/m0/s1. The summed E-state index contributed by atoms with van der Waals surface area (Å²) in [5.74, 6) is 0.701. The molecule has 1 fully saturated rings. The van der Waals surface area contributed by atoms with Crippen LogP contribution in [0.1, 0.15) is 17.9 Å². The molecule has 0 amide bonds. The highest BCUT2D eigenvalue weighted by Gasteiger charge is 2.32. The van der Waals surface area contributed by atoms with Gasteiger partial charge in [-0.1, -0.05) is 12.1 Å². The fraction of sp³-hybridized carbons (Fsp3) is 0.353. The van der Waals surface area contributed by atoms with E-state index in [-0.39, 0.29) is 5.82 Å². The highest BCUT2D eigenvalue weighted by Crippen LogP contribution is 2.31. The van der Waals surface area contributed by atoms with Gasteiger partial charge in [0.25, 0.3) is 0 Å². The lowest BCUT2D eigenvalue weighted by atomic mass is 9.98. The van der Waals surface area contributed by atoms with Gasteiger partial charge >= 0.3 is 6.18 Å². The molecule has 128 valence electrons. The van der Waals surface area contributed by atoms with Crippen LogP contribution in [0.25, 0.3) is 0 Å². The molecule has 0 radical (unpaired) electrons. The number of pyridine rings is 1. The average Bonchev–Trinajstić information content (AvgIpc) is 3.07. The predicted molar refractivity (Wildman–Crippen MR) is 91.7 cm³/mol. The lowest BCUT2D eigenvalue weighted by Crippen LogP contribution is -2.31. The maximum atomic E-state index is 13.0. The van der Waals surface area contributed by atoms with Gasteiger partial charge in [0.15, 0.2) is 0 Å². The van der Waals surface area contributed by atoms with Crippen molar-refractivity contribution >= 4 is 27.4 Å². The predicted octanol–water partition coefficient (Wildman–Crippen LogP) is 4.62. The van der Waals surface area contributed by atoms with E-state index in [1.54, 1.807) is 24.3 Å². The van der Waals surface area contributed by atoms with E-state index < -0.39 is 12.7 Å². The third kappa shape index (κ3) is 4.27. The van der Waals surface area contributed by atoms with Gasteiger partial charge in [0.2, 0.25) is 0 Å².